The fraction of sp³-hybridized carbons (Fsp3) is 0.600. The first kappa shape index (κ1) is 15.9. The van der Waals surface area contributed by atoms with Crippen LogP contribution in [0.5, 0.6) is 0 Å². The minimum Gasteiger partial charge on any atom is -0.390 e. The van der Waals surface area contributed by atoms with Crippen molar-refractivity contribution >= 4 is 5.91 Å². The zero-order valence-electron chi connectivity index (χ0n) is 12.4. The van der Waals surface area contributed by atoms with Gasteiger partial charge in [-0.1, -0.05) is 6.07 Å². The van der Waals surface area contributed by atoms with E-state index < -0.39 is 6.10 Å². The maximum Gasteiger partial charge on any atom is 0.246 e. The summed E-state index contributed by atoms with van der Waals surface area (Å²) in [5.41, 5.74) is 0.989. The zero-order chi connectivity index (χ0) is 15.1. The van der Waals surface area contributed by atoms with Crippen molar-refractivity contribution in [2.24, 2.45) is 0 Å². The monoisotopic (exact) mass is 293 g/mol. The van der Waals surface area contributed by atoms with Gasteiger partial charge in [0.15, 0.2) is 0 Å². The van der Waals surface area contributed by atoms with E-state index in [9.17, 15) is 9.90 Å². The molecule has 1 aromatic heterocycles. The van der Waals surface area contributed by atoms with Gasteiger partial charge in [-0.15, -0.1) is 0 Å². The third-order valence-corrected chi connectivity index (χ3v) is 3.56. The summed E-state index contributed by atoms with van der Waals surface area (Å²) in [7, 11) is 0. The predicted octanol–water partition coefficient (Wildman–Crippen LogP) is 0.170. The lowest BCUT2D eigenvalue weighted by Crippen LogP contribution is -2.54. The fourth-order valence-electron chi connectivity index (χ4n) is 2.47. The lowest BCUT2D eigenvalue weighted by Gasteiger charge is -2.36. The van der Waals surface area contributed by atoms with Gasteiger partial charge in [-0.3, -0.25) is 14.7 Å². The summed E-state index contributed by atoms with van der Waals surface area (Å²) in [5, 5.41) is 13.0. The van der Waals surface area contributed by atoms with Crippen LogP contribution in [0.1, 0.15) is 19.0 Å². The molecule has 0 unspecified atom stereocenters. The highest BCUT2D eigenvalue weighted by Crippen LogP contribution is 2.13. The number of aliphatic hydroxyl groups excluding tert-OH is 1. The first-order valence-corrected chi connectivity index (χ1v) is 7.36. The fourth-order valence-corrected chi connectivity index (χ4v) is 2.47. The van der Waals surface area contributed by atoms with E-state index in [0.29, 0.717) is 13.2 Å². The van der Waals surface area contributed by atoms with Gasteiger partial charge in [-0.05, 0) is 25.5 Å². The summed E-state index contributed by atoms with van der Waals surface area (Å²) < 4.78 is 5.06. The van der Waals surface area contributed by atoms with E-state index in [1.165, 1.54) is 0 Å². The van der Waals surface area contributed by atoms with Gasteiger partial charge in [-0.25, -0.2) is 0 Å². The van der Waals surface area contributed by atoms with Crippen molar-refractivity contribution in [2.45, 2.75) is 32.0 Å². The number of hydrogen-bond acceptors (Lipinski definition) is 5. The van der Waals surface area contributed by atoms with Gasteiger partial charge >= 0.3 is 0 Å². The topological polar surface area (TPSA) is 74.7 Å². The molecule has 1 aromatic rings. The first-order chi connectivity index (χ1) is 10.2. The number of nitrogens with zero attached hydrogens (tertiary/aromatic N) is 2. The molecule has 0 spiro atoms. The highest BCUT2D eigenvalue weighted by molar-refractivity contribution is 5.77. The van der Waals surface area contributed by atoms with Crippen LogP contribution in [0.3, 0.4) is 0 Å². The maximum absolute atomic E-state index is 11.6. The summed E-state index contributed by atoms with van der Waals surface area (Å²) in [6, 6.07) is 5.62. The molecule has 2 atom stereocenters. The highest BCUT2D eigenvalue weighted by atomic mass is 16.5. The van der Waals surface area contributed by atoms with Crippen LogP contribution >= 0.6 is 0 Å². The SMILES string of the molecule is CCOCC(=O)N[C@@H]1CCN(Cc2ccccn2)C[C@H]1O. The minimum absolute atomic E-state index is 0.0529. The second-order valence-electron chi connectivity index (χ2n) is 5.22. The van der Waals surface area contributed by atoms with Gasteiger partial charge in [0.25, 0.3) is 0 Å². The standard InChI is InChI=1S/C15H23N3O3/c1-2-21-11-15(20)17-13-6-8-18(10-14(13)19)9-12-5-3-4-7-16-12/h3-5,7,13-14,19H,2,6,8-11H2,1H3,(H,17,20)/t13-,14-/m1/s1. The van der Waals surface area contributed by atoms with E-state index in [0.717, 1.165) is 25.2 Å². The van der Waals surface area contributed by atoms with Gasteiger partial charge in [0, 0.05) is 32.4 Å². The van der Waals surface area contributed by atoms with Crippen molar-refractivity contribution in [2.75, 3.05) is 26.3 Å². The van der Waals surface area contributed by atoms with Crippen molar-refractivity contribution in [3.05, 3.63) is 30.1 Å². The van der Waals surface area contributed by atoms with Crippen LogP contribution in [-0.4, -0.2) is 59.3 Å². The Morgan fingerprint density at radius 3 is 3.10 bits per heavy atom. The Morgan fingerprint density at radius 2 is 2.43 bits per heavy atom. The Balaban J connectivity index is 1.78. The Kier molecular flexibility index (Phi) is 6.10. The molecule has 0 bridgehead atoms. The van der Waals surface area contributed by atoms with Crippen molar-refractivity contribution in [3.63, 3.8) is 0 Å². The van der Waals surface area contributed by atoms with Crippen molar-refractivity contribution in [1.82, 2.24) is 15.2 Å². The number of rotatable bonds is 6. The third kappa shape index (κ3) is 5.08. The molecule has 1 fully saturated rings. The maximum atomic E-state index is 11.6. The molecule has 1 aliphatic heterocycles. The van der Waals surface area contributed by atoms with E-state index in [1.807, 2.05) is 25.1 Å². The van der Waals surface area contributed by atoms with Gasteiger partial charge in [0.05, 0.1) is 17.8 Å². The number of amides is 1. The van der Waals surface area contributed by atoms with Gasteiger partial charge in [-0.2, -0.15) is 0 Å². The number of carbonyl (C=O) groups excluding carboxylic acids is 1. The molecule has 2 rings (SSSR count). The van der Waals surface area contributed by atoms with Gasteiger partial charge in [0.1, 0.15) is 6.61 Å². The molecule has 6 heteroatoms. The van der Waals surface area contributed by atoms with Crippen LogP contribution in [-0.2, 0) is 16.1 Å². The lowest BCUT2D eigenvalue weighted by molar-refractivity contribution is -0.127. The molecule has 116 valence electrons. The molecular formula is C15H23N3O3. The van der Waals surface area contributed by atoms with Crippen LogP contribution < -0.4 is 5.32 Å². The van der Waals surface area contributed by atoms with Crippen molar-refractivity contribution in [3.8, 4) is 0 Å². The molecule has 1 amide bonds. The smallest absolute Gasteiger partial charge is 0.246 e. The second-order valence-corrected chi connectivity index (χ2v) is 5.22. The Hall–Kier alpha value is -1.50. The van der Waals surface area contributed by atoms with Gasteiger partial charge < -0.3 is 15.2 Å². The first-order valence-electron chi connectivity index (χ1n) is 7.36. The molecule has 0 radical (unpaired) electrons. The quantitative estimate of drug-likeness (QED) is 0.782. The molecule has 0 saturated carbocycles. The largest absolute Gasteiger partial charge is 0.390 e. The number of nitrogens with one attached hydrogen (secondary N) is 1. The summed E-state index contributed by atoms with van der Waals surface area (Å²) in [6.45, 7) is 4.50. The molecule has 2 N–H and O–H groups in total. The van der Waals surface area contributed by atoms with Crippen LogP contribution in [0.2, 0.25) is 0 Å². The average molecular weight is 293 g/mol. The summed E-state index contributed by atoms with van der Waals surface area (Å²) >= 11 is 0. The number of β-amino-alcohol motifs (C(OH)–C–C–N with tert-alkyl or cyclic N) is 1. The normalized spacial score (nSPS) is 23.0. The average Bonchev–Trinajstić information content (AvgIpc) is 2.49. The molecule has 1 aliphatic rings. The number of aromatic nitrogens is 1. The Morgan fingerprint density at radius 1 is 1.57 bits per heavy atom. The van der Waals surface area contributed by atoms with E-state index in [1.54, 1.807) is 6.20 Å². The lowest BCUT2D eigenvalue weighted by atomic mass is 10.0. The van der Waals surface area contributed by atoms with Crippen molar-refractivity contribution in [1.29, 1.82) is 0 Å². The zero-order valence-corrected chi connectivity index (χ0v) is 12.4. The number of hydrogen-bond donors (Lipinski definition) is 2. The molecule has 21 heavy (non-hydrogen) atoms. The van der Waals surface area contributed by atoms with Crippen LogP contribution in [0.15, 0.2) is 24.4 Å². The number of likely N-dealkylation sites (tertiary alicyclic amines) is 1. The second kappa shape index (κ2) is 8.07. The minimum atomic E-state index is -0.562. The highest BCUT2D eigenvalue weighted by Gasteiger charge is 2.28. The van der Waals surface area contributed by atoms with Gasteiger partial charge in [0.2, 0.25) is 5.91 Å². The van der Waals surface area contributed by atoms with E-state index >= 15 is 0 Å². The van der Waals surface area contributed by atoms with Crippen molar-refractivity contribution < 1.29 is 14.6 Å². The number of ether oxygens (including phenoxy) is 1. The Bertz CT molecular complexity index is 441. The molecule has 6 nitrogen and oxygen atoms in total. The molecule has 0 aromatic carbocycles. The van der Waals surface area contributed by atoms with Crippen LogP contribution in [0.4, 0.5) is 0 Å². The van der Waals surface area contributed by atoms with Crippen LogP contribution in [0, 0.1) is 0 Å². The number of piperidine rings is 1. The van der Waals surface area contributed by atoms with E-state index in [4.69, 9.17) is 4.74 Å². The predicted molar refractivity (Wildman–Crippen MR) is 78.6 cm³/mol. The summed E-state index contributed by atoms with van der Waals surface area (Å²) in [4.78, 5) is 18.1. The third-order valence-electron chi connectivity index (χ3n) is 3.56. The number of carbonyl (C=O) groups is 1. The summed E-state index contributed by atoms with van der Waals surface area (Å²) in [5.74, 6) is -0.168. The molecule has 1 saturated heterocycles. The van der Waals surface area contributed by atoms with E-state index in [2.05, 4.69) is 15.2 Å². The Labute approximate surface area is 125 Å². The summed E-state index contributed by atoms with van der Waals surface area (Å²) in [6.07, 6.45) is 1.94. The molecular weight excluding hydrogens is 270 g/mol. The van der Waals surface area contributed by atoms with E-state index in [-0.39, 0.29) is 18.6 Å². The number of aliphatic hydroxyl groups is 1. The molecule has 2 heterocycles. The van der Waals surface area contributed by atoms with Crippen LogP contribution in [0.25, 0.3) is 0 Å². The number of pyridine rings is 1. The molecule has 0 aliphatic carbocycles.